The minimum absolute atomic E-state index is 0.406. The monoisotopic (exact) mass is 464 g/mol. The molecular weight excluding hydrogens is 443 g/mol. The summed E-state index contributed by atoms with van der Waals surface area (Å²) in [7, 11) is 3.20. The van der Waals surface area contributed by atoms with Gasteiger partial charge in [-0.2, -0.15) is 5.10 Å². The van der Waals surface area contributed by atoms with Crippen molar-refractivity contribution in [2.45, 2.75) is 20.4 Å². The van der Waals surface area contributed by atoms with E-state index in [-0.39, 0.29) is 0 Å². The number of nitrogens with one attached hydrogen (secondary N) is 2. The van der Waals surface area contributed by atoms with Crippen LogP contribution >= 0.6 is 35.4 Å². The molecular formula is C21H22Cl2N4O2S. The van der Waals surface area contributed by atoms with Crippen molar-refractivity contribution in [3.05, 3.63) is 63.4 Å². The Hall–Kier alpha value is -2.48. The van der Waals surface area contributed by atoms with E-state index in [1.165, 1.54) is 0 Å². The summed E-state index contributed by atoms with van der Waals surface area (Å²) in [5, 5.41) is 12.6. The van der Waals surface area contributed by atoms with Crippen LogP contribution in [0.25, 0.3) is 0 Å². The van der Waals surface area contributed by atoms with Crippen molar-refractivity contribution in [2.24, 2.45) is 0 Å². The van der Waals surface area contributed by atoms with Crippen LogP contribution in [0.2, 0.25) is 10.0 Å². The standard InChI is InChI=1S/C21H22Cl2N4O2S/c1-12-20(13(2)27(26-12)11-15-16(22)6-5-7-17(15)23)25-21(30)24-18-10-14(28-3)8-9-19(18)29-4/h5-10H,11H2,1-4H3,(H2,24,25,30). The molecule has 0 aliphatic rings. The van der Waals surface area contributed by atoms with Gasteiger partial charge in [-0.15, -0.1) is 0 Å². The molecule has 2 N–H and O–H groups in total. The largest absolute Gasteiger partial charge is 0.497 e. The molecule has 158 valence electrons. The summed E-state index contributed by atoms with van der Waals surface area (Å²) in [4.78, 5) is 0. The number of benzene rings is 2. The molecule has 0 unspecified atom stereocenters. The van der Waals surface area contributed by atoms with E-state index in [0.717, 1.165) is 22.6 Å². The van der Waals surface area contributed by atoms with Gasteiger partial charge in [-0.05, 0) is 50.3 Å². The quantitative estimate of drug-likeness (QED) is 0.457. The molecule has 0 radical (unpaired) electrons. The smallest absolute Gasteiger partial charge is 0.175 e. The summed E-state index contributed by atoms with van der Waals surface area (Å²) >= 11 is 18.1. The van der Waals surface area contributed by atoms with Crippen LogP contribution in [0.5, 0.6) is 11.5 Å². The number of thiocarbonyl (C=S) groups is 1. The molecule has 3 rings (SSSR count). The van der Waals surface area contributed by atoms with Crippen LogP contribution in [-0.2, 0) is 6.54 Å². The summed E-state index contributed by atoms with van der Waals surface area (Å²) in [5.41, 5.74) is 4.04. The zero-order valence-corrected chi connectivity index (χ0v) is 19.4. The molecule has 3 aromatic rings. The lowest BCUT2D eigenvalue weighted by molar-refractivity contribution is 0.405. The van der Waals surface area contributed by atoms with Gasteiger partial charge in [0.15, 0.2) is 5.11 Å². The van der Waals surface area contributed by atoms with E-state index >= 15 is 0 Å². The number of rotatable bonds is 6. The van der Waals surface area contributed by atoms with E-state index in [4.69, 9.17) is 44.9 Å². The van der Waals surface area contributed by atoms with E-state index in [1.807, 2.05) is 54.9 Å². The molecule has 0 aliphatic heterocycles. The summed E-state index contributed by atoms with van der Waals surface area (Å²) in [5.74, 6) is 1.34. The number of ether oxygens (including phenoxy) is 2. The van der Waals surface area contributed by atoms with Gasteiger partial charge in [0.25, 0.3) is 0 Å². The van der Waals surface area contributed by atoms with Gasteiger partial charge in [0, 0.05) is 21.7 Å². The van der Waals surface area contributed by atoms with E-state index in [9.17, 15) is 0 Å². The molecule has 1 aromatic heterocycles. The van der Waals surface area contributed by atoms with Crippen LogP contribution in [0.4, 0.5) is 11.4 Å². The highest BCUT2D eigenvalue weighted by Crippen LogP contribution is 2.30. The third-order valence-electron chi connectivity index (χ3n) is 4.64. The number of hydrogen-bond donors (Lipinski definition) is 2. The van der Waals surface area contributed by atoms with E-state index in [1.54, 1.807) is 14.2 Å². The molecule has 0 spiro atoms. The number of aromatic nitrogens is 2. The highest BCUT2D eigenvalue weighted by molar-refractivity contribution is 7.80. The predicted molar refractivity (Wildman–Crippen MR) is 127 cm³/mol. The molecule has 9 heteroatoms. The Balaban J connectivity index is 1.80. The highest BCUT2D eigenvalue weighted by atomic mass is 35.5. The second-order valence-electron chi connectivity index (χ2n) is 6.55. The Morgan fingerprint density at radius 2 is 1.77 bits per heavy atom. The summed E-state index contributed by atoms with van der Waals surface area (Å²) in [6.45, 7) is 4.33. The molecule has 0 bridgehead atoms. The lowest BCUT2D eigenvalue weighted by atomic mass is 10.2. The topological polar surface area (TPSA) is 60.3 Å². The fraction of sp³-hybridized carbons (Fsp3) is 0.238. The summed E-state index contributed by atoms with van der Waals surface area (Å²) in [6.07, 6.45) is 0. The molecule has 6 nitrogen and oxygen atoms in total. The van der Waals surface area contributed by atoms with Crippen LogP contribution in [0.3, 0.4) is 0 Å². The molecule has 0 aliphatic carbocycles. The van der Waals surface area contributed by atoms with Crippen molar-refractivity contribution >= 4 is 51.9 Å². The van der Waals surface area contributed by atoms with Crippen molar-refractivity contribution in [3.8, 4) is 11.5 Å². The first kappa shape index (κ1) is 22.2. The maximum absolute atomic E-state index is 6.31. The fourth-order valence-corrected chi connectivity index (χ4v) is 3.77. The minimum atomic E-state index is 0.406. The Bertz CT molecular complexity index is 1060. The number of nitrogens with zero attached hydrogens (tertiary/aromatic N) is 2. The fourth-order valence-electron chi connectivity index (χ4n) is 3.04. The van der Waals surface area contributed by atoms with Crippen molar-refractivity contribution in [1.29, 1.82) is 0 Å². The van der Waals surface area contributed by atoms with E-state index in [0.29, 0.717) is 38.9 Å². The minimum Gasteiger partial charge on any atom is -0.497 e. The lowest BCUT2D eigenvalue weighted by Crippen LogP contribution is -2.20. The summed E-state index contributed by atoms with van der Waals surface area (Å²) < 4.78 is 12.5. The van der Waals surface area contributed by atoms with Crippen molar-refractivity contribution in [2.75, 3.05) is 24.9 Å². The number of halogens is 2. The highest BCUT2D eigenvalue weighted by Gasteiger charge is 2.16. The SMILES string of the molecule is COc1ccc(OC)c(NC(=S)Nc2c(C)nn(Cc3c(Cl)cccc3Cl)c2C)c1. The Morgan fingerprint density at radius 1 is 1.07 bits per heavy atom. The molecule has 0 saturated carbocycles. The second-order valence-corrected chi connectivity index (χ2v) is 7.77. The van der Waals surface area contributed by atoms with Gasteiger partial charge in [0.05, 0.1) is 43.5 Å². The van der Waals surface area contributed by atoms with E-state index in [2.05, 4.69) is 15.7 Å². The van der Waals surface area contributed by atoms with Crippen LogP contribution in [0.15, 0.2) is 36.4 Å². The molecule has 2 aromatic carbocycles. The molecule has 1 heterocycles. The van der Waals surface area contributed by atoms with Gasteiger partial charge in [0.1, 0.15) is 11.5 Å². The summed E-state index contributed by atoms with van der Waals surface area (Å²) in [6, 6.07) is 10.9. The normalized spacial score (nSPS) is 10.6. The van der Waals surface area contributed by atoms with Crippen LogP contribution < -0.4 is 20.1 Å². The molecule has 0 fully saturated rings. The van der Waals surface area contributed by atoms with Gasteiger partial charge >= 0.3 is 0 Å². The Kier molecular flexibility index (Phi) is 7.07. The zero-order chi connectivity index (χ0) is 21.8. The number of aryl methyl sites for hydroxylation is 1. The third kappa shape index (κ3) is 4.80. The third-order valence-corrected chi connectivity index (χ3v) is 5.56. The molecule has 0 saturated heterocycles. The number of methoxy groups -OCH3 is 2. The van der Waals surface area contributed by atoms with Crippen LogP contribution in [0, 0.1) is 13.8 Å². The molecule has 0 amide bonds. The van der Waals surface area contributed by atoms with Gasteiger partial charge < -0.3 is 20.1 Å². The maximum atomic E-state index is 6.31. The van der Waals surface area contributed by atoms with Gasteiger partial charge in [-0.3, -0.25) is 4.68 Å². The van der Waals surface area contributed by atoms with Gasteiger partial charge in [-0.1, -0.05) is 29.3 Å². The maximum Gasteiger partial charge on any atom is 0.175 e. The van der Waals surface area contributed by atoms with Crippen LogP contribution in [0.1, 0.15) is 17.0 Å². The Morgan fingerprint density at radius 3 is 2.40 bits per heavy atom. The van der Waals surface area contributed by atoms with Crippen molar-refractivity contribution < 1.29 is 9.47 Å². The first-order chi connectivity index (χ1) is 14.3. The van der Waals surface area contributed by atoms with Gasteiger partial charge in [0.2, 0.25) is 0 Å². The average Bonchev–Trinajstić information content (AvgIpc) is 2.98. The van der Waals surface area contributed by atoms with Crippen LogP contribution in [-0.4, -0.2) is 29.1 Å². The average molecular weight is 465 g/mol. The molecule has 0 atom stereocenters. The number of hydrogen-bond acceptors (Lipinski definition) is 4. The van der Waals surface area contributed by atoms with E-state index < -0.39 is 0 Å². The van der Waals surface area contributed by atoms with Crippen molar-refractivity contribution in [1.82, 2.24) is 9.78 Å². The first-order valence-corrected chi connectivity index (χ1v) is 10.3. The number of anilines is 2. The zero-order valence-electron chi connectivity index (χ0n) is 17.0. The van der Waals surface area contributed by atoms with Crippen molar-refractivity contribution in [3.63, 3.8) is 0 Å². The van der Waals surface area contributed by atoms with Gasteiger partial charge in [-0.25, -0.2) is 0 Å². The molecule has 30 heavy (non-hydrogen) atoms. The second kappa shape index (κ2) is 9.55. The Labute approximate surface area is 191 Å². The lowest BCUT2D eigenvalue weighted by Gasteiger charge is -2.15. The predicted octanol–water partition coefficient (Wildman–Crippen LogP) is 5.68. The first-order valence-electron chi connectivity index (χ1n) is 9.11.